The van der Waals surface area contributed by atoms with Gasteiger partial charge >= 0.3 is 6.09 Å². The first-order valence-electron chi connectivity index (χ1n) is 8.41. The predicted octanol–water partition coefficient (Wildman–Crippen LogP) is -1.98. The maximum atomic E-state index is 12.4. The highest BCUT2D eigenvalue weighted by Crippen LogP contribution is 2.38. The quantitative estimate of drug-likeness (QED) is 0.370. The normalized spacial score (nSPS) is 15.0. The van der Waals surface area contributed by atoms with E-state index in [1.54, 1.807) is 20.6 Å². The first-order chi connectivity index (χ1) is 12.6. The lowest BCUT2D eigenvalue weighted by Gasteiger charge is -2.41. The van der Waals surface area contributed by atoms with Crippen molar-refractivity contribution in [3.05, 3.63) is 34.5 Å². The smallest absolute Gasteiger partial charge is 0.410 e. The summed E-state index contributed by atoms with van der Waals surface area (Å²) in [5, 5.41) is 20.6. The predicted molar refractivity (Wildman–Crippen MR) is 114 cm³/mol. The SMILES string of the molecule is BC(B)(C#N)Nc1nc(Cl)c(C#N)c2c1CN(C(=O)OCC=C)CC2(B)B. The Morgan fingerprint density at radius 2 is 2.19 bits per heavy atom. The van der Waals surface area contributed by atoms with E-state index in [0.717, 1.165) is 5.56 Å². The third-order valence-corrected chi connectivity index (χ3v) is 4.54. The number of nitriles is 2. The monoisotopic (exact) mass is 379 g/mol. The largest absolute Gasteiger partial charge is 0.445 e. The van der Waals surface area contributed by atoms with Crippen LogP contribution < -0.4 is 5.32 Å². The summed E-state index contributed by atoms with van der Waals surface area (Å²) in [4.78, 5) is 18.2. The zero-order chi connectivity index (χ0) is 20.4. The Morgan fingerprint density at radius 3 is 2.74 bits per heavy atom. The Kier molecular flexibility index (Phi) is 5.87. The molecule has 1 aliphatic rings. The molecule has 27 heavy (non-hydrogen) atoms. The van der Waals surface area contributed by atoms with Crippen molar-refractivity contribution >= 4 is 54.9 Å². The number of nitrogens with one attached hydrogen (secondary N) is 1. The molecule has 0 aliphatic carbocycles. The molecule has 7 nitrogen and oxygen atoms in total. The lowest BCUT2D eigenvalue weighted by Crippen LogP contribution is -2.50. The molecule has 1 aromatic rings. The van der Waals surface area contributed by atoms with Crippen LogP contribution in [0.1, 0.15) is 16.7 Å². The number of rotatable bonds is 4. The van der Waals surface area contributed by atoms with E-state index in [2.05, 4.69) is 29.0 Å². The number of hydrogen-bond acceptors (Lipinski definition) is 6. The molecule has 2 heterocycles. The van der Waals surface area contributed by atoms with E-state index >= 15 is 0 Å². The van der Waals surface area contributed by atoms with Crippen molar-refractivity contribution in [2.24, 2.45) is 0 Å². The Bertz CT molecular complexity index is 878. The maximum Gasteiger partial charge on any atom is 0.410 e. The van der Waals surface area contributed by atoms with Crippen molar-refractivity contribution in [1.82, 2.24) is 9.88 Å². The number of halogens is 1. The van der Waals surface area contributed by atoms with Gasteiger partial charge in [0.2, 0.25) is 0 Å². The third-order valence-electron chi connectivity index (χ3n) is 4.27. The van der Waals surface area contributed by atoms with Gasteiger partial charge < -0.3 is 15.0 Å². The molecular weight excluding hydrogens is 361 g/mol. The number of hydrogen-bond donors (Lipinski definition) is 1. The number of carbonyl (C=O) groups excluding carboxylic acids is 1. The summed E-state index contributed by atoms with van der Waals surface area (Å²) in [6.07, 6.45) is 1.02. The second-order valence-electron chi connectivity index (χ2n) is 7.56. The molecular formula is C15H18B4ClN5O2. The van der Waals surface area contributed by atoms with Crippen molar-refractivity contribution in [3.63, 3.8) is 0 Å². The molecule has 1 N–H and O–H groups in total. The molecule has 1 amide bonds. The molecule has 134 valence electrons. The van der Waals surface area contributed by atoms with Crippen LogP contribution in [0, 0.1) is 22.7 Å². The summed E-state index contributed by atoms with van der Waals surface area (Å²) < 4.78 is 5.17. The number of pyridine rings is 1. The third kappa shape index (κ3) is 4.26. The summed E-state index contributed by atoms with van der Waals surface area (Å²) in [6.45, 7) is 4.20. The van der Waals surface area contributed by atoms with E-state index in [0.29, 0.717) is 17.9 Å². The van der Waals surface area contributed by atoms with Crippen molar-refractivity contribution in [2.75, 3.05) is 18.5 Å². The minimum atomic E-state index is -0.909. The number of ether oxygens (including phenoxy) is 1. The number of nitrogens with zero attached hydrogens (tertiary/aromatic N) is 4. The molecule has 0 fully saturated rings. The fourth-order valence-electron chi connectivity index (χ4n) is 3.18. The Hall–Kier alpha value is -2.51. The number of amides is 1. The molecule has 0 spiro atoms. The highest BCUT2D eigenvalue weighted by Gasteiger charge is 2.39. The molecule has 0 radical (unpaired) electrons. The first-order valence-corrected chi connectivity index (χ1v) is 8.79. The fourth-order valence-corrected chi connectivity index (χ4v) is 3.40. The Morgan fingerprint density at radius 1 is 1.52 bits per heavy atom. The standard InChI is InChI=1S/C15H18B4ClN5O2/c1-2-3-27-13(26)25-5-9-10(14(16,17)7-25)8(4-21)11(20)23-12(9)24-15(18,19)6-22/h2H,1,3,5,7,16-19H2,(H,23,24). The van der Waals surface area contributed by atoms with Crippen LogP contribution in [0.4, 0.5) is 10.6 Å². The van der Waals surface area contributed by atoms with Crippen molar-refractivity contribution in [3.8, 4) is 12.1 Å². The van der Waals surface area contributed by atoms with Crippen LogP contribution in [-0.4, -0.2) is 65.9 Å². The summed E-state index contributed by atoms with van der Waals surface area (Å²) in [5.74, 6) is 0.384. The number of carbonyl (C=O) groups is 1. The first kappa shape index (κ1) is 20.8. The summed E-state index contributed by atoms with van der Waals surface area (Å²) in [5.41, 5.74) is 1.68. The molecule has 1 aliphatic heterocycles. The molecule has 0 unspecified atom stereocenters. The summed E-state index contributed by atoms with van der Waals surface area (Å²) in [6, 6.07) is 4.28. The van der Waals surface area contributed by atoms with E-state index in [4.69, 9.17) is 16.3 Å². The van der Waals surface area contributed by atoms with E-state index in [1.165, 1.54) is 6.08 Å². The topological polar surface area (TPSA) is 102 Å². The number of aromatic nitrogens is 1. The van der Waals surface area contributed by atoms with Gasteiger partial charge in [-0.25, -0.2) is 9.78 Å². The summed E-state index contributed by atoms with van der Waals surface area (Å²) >= 11 is 6.26. The highest BCUT2D eigenvalue weighted by atomic mass is 35.5. The number of anilines is 1. The van der Waals surface area contributed by atoms with Gasteiger partial charge in [0.25, 0.3) is 0 Å². The molecule has 2 rings (SSSR count). The lowest BCUT2D eigenvalue weighted by molar-refractivity contribution is 0.105. The van der Waals surface area contributed by atoms with Gasteiger partial charge in [-0.15, -0.1) is 0 Å². The average Bonchev–Trinajstić information content (AvgIpc) is 2.59. The van der Waals surface area contributed by atoms with E-state index in [-0.39, 0.29) is 23.9 Å². The van der Waals surface area contributed by atoms with Crippen LogP contribution in [0.3, 0.4) is 0 Å². The van der Waals surface area contributed by atoms with Crippen LogP contribution in [0.25, 0.3) is 0 Å². The molecule has 0 aromatic carbocycles. The van der Waals surface area contributed by atoms with Gasteiger partial charge in [0, 0.05) is 12.1 Å². The average molecular weight is 379 g/mol. The Labute approximate surface area is 167 Å². The Balaban J connectivity index is 2.62. The van der Waals surface area contributed by atoms with E-state index in [1.807, 2.05) is 15.7 Å². The van der Waals surface area contributed by atoms with Gasteiger partial charge in [-0.3, -0.25) is 0 Å². The van der Waals surface area contributed by atoms with Crippen LogP contribution in [0.15, 0.2) is 12.7 Å². The van der Waals surface area contributed by atoms with Gasteiger partial charge in [0.15, 0.2) is 0 Å². The zero-order valence-electron chi connectivity index (χ0n) is 15.9. The van der Waals surface area contributed by atoms with Crippen molar-refractivity contribution in [1.29, 1.82) is 10.5 Å². The van der Waals surface area contributed by atoms with Gasteiger partial charge in [-0.2, -0.15) is 10.5 Å². The van der Waals surface area contributed by atoms with Gasteiger partial charge in [0.1, 0.15) is 55.0 Å². The van der Waals surface area contributed by atoms with Crippen LogP contribution in [0.2, 0.25) is 5.15 Å². The molecule has 0 bridgehead atoms. The van der Waals surface area contributed by atoms with Gasteiger partial charge in [0.05, 0.1) is 23.5 Å². The van der Waals surface area contributed by atoms with Crippen LogP contribution >= 0.6 is 11.6 Å². The molecule has 12 heteroatoms. The summed E-state index contributed by atoms with van der Waals surface area (Å²) in [7, 11) is 7.26. The fraction of sp³-hybridized carbons (Fsp3) is 0.333. The number of fused-ring (bicyclic) bond motifs is 1. The van der Waals surface area contributed by atoms with Crippen LogP contribution in [0.5, 0.6) is 0 Å². The molecule has 0 saturated carbocycles. The van der Waals surface area contributed by atoms with E-state index in [9.17, 15) is 15.3 Å². The van der Waals surface area contributed by atoms with Crippen molar-refractivity contribution < 1.29 is 9.53 Å². The van der Waals surface area contributed by atoms with Crippen molar-refractivity contribution in [2.45, 2.75) is 17.1 Å². The van der Waals surface area contributed by atoms with Gasteiger partial charge in [-0.1, -0.05) is 24.3 Å². The minimum absolute atomic E-state index is 0.0725. The zero-order valence-corrected chi connectivity index (χ0v) is 16.6. The molecule has 1 aromatic heterocycles. The maximum absolute atomic E-state index is 12.4. The molecule has 0 saturated heterocycles. The second kappa shape index (κ2) is 7.62. The molecule has 0 atom stereocenters. The van der Waals surface area contributed by atoms with Gasteiger partial charge in [-0.05, 0) is 10.8 Å². The minimum Gasteiger partial charge on any atom is -0.445 e. The highest BCUT2D eigenvalue weighted by molar-refractivity contribution is 6.44. The van der Waals surface area contributed by atoms with E-state index < -0.39 is 16.6 Å². The second-order valence-corrected chi connectivity index (χ2v) is 7.92. The lowest BCUT2D eigenvalue weighted by atomic mass is 9.48. The van der Waals surface area contributed by atoms with Crippen LogP contribution in [-0.2, 0) is 16.5 Å².